The summed E-state index contributed by atoms with van der Waals surface area (Å²) in [5.41, 5.74) is 2.24. The largest absolute Gasteiger partial charge is 0.486 e. The van der Waals surface area contributed by atoms with E-state index in [2.05, 4.69) is 15.7 Å². The molecule has 134 valence electrons. The van der Waals surface area contributed by atoms with Crippen molar-refractivity contribution in [2.24, 2.45) is 0 Å². The maximum absolute atomic E-state index is 11.9. The Morgan fingerprint density at radius 3 is 2.96 bits per heavy atom. The third-order valence-corrected chi connectivity index (χ3v) is 5.55. The molecule has 2 heterocycles. The molecule has 3 rings (SSSR count). The van der Waals surface area contributed by atoms with Gasteiger partial charge in [-0.3, -0.25) is 4.79 Å². The van der Waals surface area contributed by atoms with Gasteiger partial charge in [0, 0.05) is 29.9 Å². The molecule has 7 heteroatoms. The number of thiazole rings is 1. The molecule has 2 aromatic rings. The van der Waals surface area contributed by atoms with Crippen molar-refractivity contribution in [2.45, 2.75) is 25.5 Å². The summed E-state index contributed by atoms with van der Waals surface area (Å²) in [4.78, 5) is 16.3. The lowest BCUT2D eigenvalue weighted by Gasteiger charge is -2.18. The number of carbonyl (C=O) groups is 1. The third-order valence-electron chi connectivity index (χ3n) is 3.73. The summed E-state index contributed by atoms with van der Waals surface area (Å²) in [6, 6.07) is 5.94. The van der Waals surface area contributed by atoms with Gasteiger partial charge in [0.1, 0.15) is 13.2 Å². The summed E-state index contributed by atoms with van der Waals surface area (Å²) in [5, 5.41) is 6.15. The van der Waals surface area contributed by atoms with Crippen LogP contribution in [0, 0.1) is 6.92 Å². The predicted octanol–water partition coefficient (Wildman–Crippen LogP) is 3.20. The number of aryl methyl sites for hydroxylation is 1. The van der Waals surface area contributed by atoms with Crippen LogP contribution in [0.2, 0.25) is 0 Å². The summed E-state index contributed by atoms with van der Waals surface area (Å²) in [7, 11) is 0. The molecular formula is C18H22N2O3S2. The standard InChI is InChI=1S/C18H22N2O3S2/c1-13-20-15(12-25-13)11-24-9-5-18(21)19-6-4-14-2-3-16-17(10-14)23-8-7-22-16/h2-3,10,12H,4-9,11H2,1H3,(H,19,21). The molecular weight excluding hydrogens is 356 g/mol. The van der Waals surface area contributed by atoms with Crippen molar-refractivity contribution in [1.29, 1.82) is 0 Å². The molecule has 0 bridgehead atoms. The van der Waals surface area contributed by atoms with Gasteiger partial charge in [-0.05, 0) is 31.0 Å². The number of thioether (sulfide) groups is 1. The molecule has 0 saturated carbocycles. The van der Waals surface area contributed by atoms with Crippen molar-refractivity contribution in [2.75, 3.05) is 25.5 Å². The lowest BCUT2D eigenvalue weighted by Crippen LogP contribution is -2.26. The minimum Gasteiger partial charge on any atom is -0.486 e. The summed E-state index contributed by atoms with van der Waals surface area (Å²) >= 11 is 3.41. The second-order valence-corrected chi connectivity index (χ2v) is 7.91. The molecule has 1 N–H and O–H groups in total. The molecule has 0 unspecified atom stereocenters. The molecule has 1 aromatic heterocycles. The van der Waals surface area contributed by atoms with E-state index >= 15 is 0 Å². The van der Waals surface area contributed by atoms with Gasteiger partial charge in [0.05, 0.1) is 10.7 Å². The number of aromatic nitrogens is 1. The van der Waals surface area contributed by atoms with Crippen LogP contribution >= 0.6 is 23.1 Å². The van der Waals surface area contributed by atoms with E-state index in [1.807, 2.05) is 25.1 Å². The molecule has 1 aromatic carbocycles. The highest BCUT2D eigenvalue weighted by atomic mass is 32.2. The smallest absolute Gasteiger partial charge is 0.220 e. The number of rotatable bonds is 8. The first-order valence-corrected chi connectivity index (χ1v) is 10.4. The van der Waals surface area contributed by atoms with E-state index in [1.165, 1.54) is 0 Å². The molecule has 1 aliphatic rings. The van der Waals surface area contributed by atoms with E-state index in [-0.39, 0.29) is 5.91 Å². The number of fused-ring (bicyclic) bond motifs is 1. The predicted molar refractivity (Wildman–Crippen MR) is 102 cm³/mol. The molecule has 0 saturated heterocycles. The molecule has 0 radical (unpaired) electrons. The second kappa shape index (κ2) is 9.10. The number of hydrogen-bond donors (Lipinski definition) is 1. The Bertz CT molecular complexity index is 718. The van der Waals surface area contributed by atoms with Gasteiger partial charge >= 0.3 is 0 Å². The molecule has 1 aliphatic heterocycles. The number of nitrogens with one attached hydrogen (secondary N) is 1. The van der Waals surface area contributed by atoms with Gasteiger partial charge in [0.2, 0.25) is 5.91 Å². The number of amides is 1. The lowest BCUT2D eigenvalue weighted by atomic mass is 10.1. The summed E-state index contributed by atoms with van der Waals surface area (Å²) in [5.74, 6) is 3.37. The van der Waals surface area contributed by atoms with Gasteiger partial charge in [-0.1, -0.05) is 6.07 Å². The molecule has 0 fully saturated rings. The number of carbonyl (C=O) groups excluding carboxylic acids is 1. The van der Waals surface area contributed by atoms with Crippen molar-refractivity contribution in [3.05, 3.63) is 39.8 Å². The lowest BCUT2D eigenvalue weighted by molar-refractivity contribution is -0.120. The zero-order chi connectivity index (χ0) is 17.5. The highest BCUT2D eigenvalue weighted by Crippen LogP contribution is 2.30. The Hall–Kier alpha value is -1.73. The fraction of sp³-hybridized carbons (Fsp3) is 0.444. The first-order chi connectivity index (χ1) is 12.2. The fourth-order valence-corrected chi connectivity index (χ4v) is 4.04. The van der Waals surface area contributed by atoms with Crippen LogP contribution < -0.4 is 14.8 Å². The van der Waals surface area contributed by atoms with E-state index in [0.29, 0.717) is 26.2 Å². The topological polar surface area (TPSA) is 60.5 Å². The molecule has 0 atom stereocenters. The Balaban J connectivity index is 1.31. The van der Waals surface area contributed by atoms with E-state index in [0.717, 1.165) is 45.7 Å². The van der Waals surface area contributed by atoms with Crippen LogP contribution in [-0.2, 0) is 17.0 Å². The quantitative estimate of drug-likeness (QED) is 0.715. The van der Waals surface area contributed by atoms with Crippen molar-refractivity contribution in [3.63, 3.8) is 0 Å². The summed E-state index contributed by atoms with van der Waals surface area (Å²) in [6.07, 6.45) is 1.32. The van der Waals surface area contributed by atoms with Crippen LogP contribution in [-0.4, -0.2) is 36.4 Å². The fourth-order valence-electron chi connectivity index (χ4n) is 2.49. The van der Waals surface area contributed by atoms with Gasteiger partial charge in [-0.25, -0.2) is 4.98 Å². The van der Waals surface area contributed by atoms with Crippen molar-refractivity contribution >= 4 is 29.0 Å². The number of ether oxygens (including phenoxy) is 2. The summed E-state index contributed by atoms with van der Waals surface area (Å²) in [6.45, 7) is 3.83. The minimum absolute atomic E-state index is 0.0968. The third kappa shape index (κ3) is 5.64. The van der Waals surface area contributed by atoms with E-state index < -0.39 is 0 Å². The zero-order valence-corrected chi connectivity index (χ0v) is 15.9. The molecule has 0 aliphatic carbocycles. The van der Waals surface area contributed by atoms with Gasteiger partial charge in [0.25, 0.3) is 0 Å². The van der Waals surface area contributed by atoms with Crippen LogP contribution in [0.1, 0.15) is 22.7 Å². The average Bonchev–Trinajstić information content (AvgIpc) is 3.04. The Morgan fingerprint density at radius 1 is 1.32 bits per heavy atom. The SMILES string of the molecule is Cc1nc(CSCCC(=O)NCCc2ccc3c(c2)OCCO3)cs1. The van der Waals surface area contributed by atoms with Gasteiger partial charge in [-0.2, -0.15) is 11.8 Å². The summed E-state index contributed by atoms with van der Waals surface area (Å²) < 4.78 is 11.1. The molecule has 5 nitrogen and oxygen atoms in total. The number of benzene rings is 1. The number of nitrogens with zero attached hydrogens (tertiary/aromatic N) is 1. The zero-order valence-electron chi connectivity index (χ0n) is 14.2. The first kappa shape index (κ1) is 18.1. The highest BCUT2D eigenvalue weighted by molar-refractivity contribution is 7.98. The van der Waals surface area contributed by atoms with Gasteiger partial charge < -0.3 is 14.8 Å². The van der Waals surface area contributed by atoms with E-state index in [1.54, 1.807) is 23.1 Å². The molecule has 0 spiro atoms. The van der Waals surface area contributed by atoms with Crippen LogP contribution in [0.5, 0.6) is 11.5 Å². The van der Waals surface area contributed by atoms with Crippen molar-refractivity contribution in [1.82, 2.24) is 10.3 Å². The van der Waals surface area contributed by atoms with Crippen molar-refractivity contribution in [3.8, 4) is 11.5 Å². The van der Waals surface area contributed by atoms with Gasteiger partial charge in [0.15, 0.2) is 11.5 Å². The normalized spacial score (nSPS) is 12.8. The first-order valence-electron chi connectivity index (χ1n) is 8.35. The van der Waals surface area contributed by atoms with Crippen LogP contribution in [0.15, 0.2) is 23.6 Å². The van der Waals surface area contributed by atoms with Crippen molar-refractivity contribution < 1.29 is 14.3 Å². The highest BCUT2D eigenvalue weighted by Gasteiger charge is 2.11. The Kier molecular flexibility index (Phi) is 6.58. The maximum Gasteiger partial charge on any atom is 0.220 e. The monoisotopic (exact) mass is 378 g/mol. The van der Waals surface area contributed by atoms with Crippen LogP contribution in [0.4, 0.5) is 0 Å². The van der Waals surface area contributed by atoms with Crippen LogP contribution in [0.25, 0.3) is 0 Å². The van der Waals surface area contributed by atoms with E-state index in [4.69, 9.17) is 9.47 Å². The Labute approximate surface area is 156 Å². The van der Waals surface area contributed by atoms with Crippen LogP contribution in [0.3, 0.4) is 0 Å². The maximum atomic E-state index is 11.9. The molecule has 25 heavy (non-hydrogen) atoms. The van der Waals surface area contributed by atoms with E-state index in [9.17, 15) is 4.79 Å². The Morgan fingerprint density at radius 2 is 2.16 bits per heavy atom. The van der Waals surface area contributed by atoms with Gasteiger partial charge in [-0.15, -0.1) is 11.3 Å². The molecule has 1 amide bonds. The second-order valence-electron chi connectivity index (χ2n) is 5.74. The minimum atomic E-state index is 0.0968. The number of hydrogen-bond acceptors (Lipinski definition) is 6. The average molecular weight is 379 g/mol.